The number of ketones is 1. The van der Waals surface area contributed by atoms with E-state index < -0.39 is 0 Å². The largest absolute Gasteiger partial charge is 0.496 e. The van der Waals surface area contributed by atoms with Crippen LogP contribution in [0.2, 0.25) is 0 Å². The molecule has 1 heterocycles. The van der Waals surface area contributed by atoms with Gasteiger partial charge in [0, 0.05) is 18.8 Å². The molecule has 2 rings (SSSR count). The topological polar surface area (TPSA) is 59.5 Å². The van der Waals surface area contributed by atoms with Gasteiger partial charge in [0.05, 0.1) is 18.4 Å². The molecule has 5 nitrogen and oxygen atoms in total. The van der Waals surface area contributed by atoms with Gasteiger partial charge >= 0.3 is 0 Å². The predicted octanol–water partition coefficient (Wildman–Crippen LogP) is 3.73. The lowest BCUT2D eigenvalue weighted by Gasteiger charge is -2.14. The Bertz CT molecular complexity index is 780. The number of anilines is 1. The van der Waals surface area contributed by atoms with Gasteiger partial charge in [-0.3, -0.25) is 14.5 Å². The highest BCUT2D eigenvalue weighted by Crippen LogP contribution is 2.23. The number of methoxy groups -OCH3 is 1. The first-order valence-electron chi connectivity index (χ1n) is 7.57. The van der Waals surface area contributed by atoms with E-state index in [1.165, 1.54) is 24.3 Å². The highest BCUT2D eigenvalue weighted by Gasteiger charge is 2.13. The number of hydrogen-bond donors (Lipinski definition) is 0. The third kappa shape index (κ3) is 4.08. The molecule has 0 radical (unpaired) electrons. The number of benzene rings is 1. The van der Waals surface area contributed by atoms with Gasteiger partial charge in [0.1, 0.15) is 5.75 Å². The van der Waals surface area contributed by atoms with Crippen molar-refractivity contribution in [1.82, 2.24) is 4.98 Å². The number of carbonyl (C=O) groups excluding carboxylic acids is 2. The van der Waals surface area contributed by atoms with Crippen molar-refractivity contribution in [3.63, 3.8) is 0 Å². The molecular weight excluding hydrogens is 324 g/mol. The zero-order valence-electron chi connectivity index (χ0n) is 14.2. The lowest BCUT2D eigenvalue weighted by molar-refractivity contribution is -0.116. The SMILES string of the molecule is CCN(C(C)=O)c1nc(/C=C/C(=O)c2cc(C)ccc2OC)cs1. The van der Waals surface area contributed by atoms with Crippen LogP contribution >= 0.6 is 11.3 Å². The summed E-state index contributed by atoms with van der Waals surface area (Å²) in [5.41, 5.74) is 2.15. The Morgan fingerprint density at radius 2 is 2.12 bits per heavy atom. The Kier molecular flexibility index (Phi) is 5.87. The fourth-order valence-corrected chi connectivity index (χ4v) is 3.14. The summed E-state index contributed by atoms with van der Waals surface area (Å²) in [5, 5.41) is 2.45. The lowest BCUT2D eigenvalue weighted by Crippen LogP contribution is -2.27. The molecule has 0 spiro atoms. The van der Waals surface area contributed by atoms with Crippen LogP contribution in [0.4, 0.5) is 5.13 Å². The number of carbonyl (C=O) groups is 2. The van der Waals surface area contributed by atoms with Gasteiger partial charge in [0.25, 0.3) is 0 Å². The Morgan fingerprint density at radius 3 is 2.75 bits per heavy atom. The molecule has 1 aromatic carbocycles. The first kappa shape index (κ1) is 17.9. The molecule has 0 saturated heterocycles. The molecule has 0 saturated carbocycles. The standard InChI is InChI=1S/C18H20N2O3S/c1-5-20(13(3)21)18-19-14(11-24-18)7-8-16(22)15-10-12(2)6-9-17(15)23-4/h6-11H,5H2,1-4H3/b8-7+. The van der Waals surface area contributed by atoms with Gasteiger partial charge in [-0.05, 0) is 38.1 Å². The highest BCUT2D eigenvalue weighted by molar-refractivity contribution is 7.14. The van der Waals surface area contributed by atoms with E-state index in [9.17, 15) is 9.59 Å². The fourth-order valence-electron chi connectivity index (χ4n) is 2.23. The van der Waals surface area contributed by atoms with Gasteiger partial charge in [-0.2, -0.15) is 0 Å². The molecule has 1 aromatic heterocycles. The average Bonchev–Trinajstić information content (AvgIpc) is 3.01. The molecule has 0 aliphatic heterocycles. The van der Waals surface area contributed by atoms with Crippen molar-refractivity contribution in [2.75, 3.05) is 18.6 Å². The van der Waals surface area contributed by atoms with Crippen LogP contribution < -0.4 is 9.64 Å². The van der Waals surface area contributed by atoms with Gasteiger partial charge < -0.3 is 4.74 Å². The molecule has 0 unspecified atom stereocenters. The van der Waals surface area contributed by atoms with Crippen molar-refractivity contribution >= 4 is 34.2 Å². The van der Waals surface area contributed by atoms with Gasteiger partial charge in [-0.15, -0.1) is 11.3 Å². The number of aromatic nitrogens is 1. The molecule has 126 valence electrons. The summed E-state index contributed by atoms with van der Waals surface area (Å²) in [5.74, 6) is 0.343. The molecular formula is C18H20N2O3S. The van der Waals surface area contributed by atoms with Crippen LogP contribution in [0.3, 0.4) is 0 Å². The Labute approximate surface area is 145 Å². The zero-order chi connectivity index (χ0) is 17.7. The maximum atomic E-state index is 12.4. The number of nitrogens with zero attached hydrogens (tertiary/aromatic N) is 2. The molecule has 0 fully saturated rings. The van der Waals surface area contributed by atoms with Crippen molar-refractivity contribution in [3.8, 4) is 5.75 Å². The van der Waals surface area contributed by atoms with Crippen molar-refractivity contribution in [2.24, 2.45) is 0 Å². The second-order valence-corrected chi connectivity index (χ2v) is 6.06. The Hall–Kier alpha value is -2.47. The molecule has 0 aliphatic carbocycles. The third-order valence-electron chi connectivity index (χ3n) is 3.46. The van der Waals surface area contributed by atoms with Crippen LogP contribution in [-0.2, 0) is 4.79 Å². The summed E-state index contributed by atoms with van der Waals surface area (Å²) >= 11 is 1.37. The summed E-state index contributed by atoms with van der Waals surface area (Å²) in [7, 11) is 1.54. The smallest absolute Gasteiger partial charge is 0.225 e. The summed E-state index contributed by atoms with van der Waals surface area (Å²) in [6.07, 6.45) is 3.12. The number of ether oxygens (including phenoxy) is 1. The zero-order valence-corrected chi connectivity index (χ0v) is 15.0. The predicted molar refractivity (Wildman–Crippen MR) is 96.9 cm³/mol. The third-order valence-corrected chi connectivity index (χ3v) is 4.34. The van der Waals surface area contributed by atoms with E-state index in [0.29, 0.717) is 28.7 Å². The van der Waals surface area contributed by atoms with Crippen molar-refractivity contribution in [2.45, 2.75) is 20.8 Å². The normalized spacial score (nSPS) is 10.8. The van der Waals surface area contributed by atoms with E-state index in [2.05, 4.69) is 4.98 Å². The maximum Gasteiger partial charge on any atom is 0.225 e. The van der Waals surface area contributed by atoms with E-state index in [-0.39, 0.29) is 11.7 Å². The fraction of sp³-hybridized carbons (Fsp3) is 0.278. The Morgan fingerprint density at radius 1 is 1.38 bits per heavy atom. The minimum atomic E-state index is -0.149. The minimum absolute atomic E-state index is 0.0528. The number of aryl methyl sites for hydroxylation is 1. The minimum Gasteiger partial charge on any atom is -0.496 e. The van der Waals surface area contributed by atoms with Crippen molar-refractivity contribution in [1.29, 1.82) is 0 Å². The van der Waals surface area contributed by atoms with Crippen LogP contribution in [0.5, 0.6) is 5.75 Å². The van der Waals surface area contributed by atoms with Gasteiger partial charge in [0.15, 0.2) is 10.9 Å². The summed E-state index contributed by atoms with van der Waals surface area (Å²) in [6.45, 7) is 5.89. The van der Waals surface area contributed by atoms with Gasteiger partial charge in [-0.1, -0.05) is 11.6 Å². The number of hydrogen-bond acceptors (Lipinski definition) is 5. The van der Waals surface area contributed by atoms with E-state index in [1.807, 2.05) is 25.3 Å². The second-order valence-electron chi connectivity index (χ2n) is 5.22. The molecule has 0 N–H and O–H groups in total. The van der Waals surface area contributed by atoms with Crippen LogP contribution in [0.1, 0.15) is 35.5 Å². The summed E-state index contributed by atoms with van der Waals surface area (Å²) in [4.78, 5) is 29.9. The van der Waals surface area contributed by atoms with Crippen LogP contribution in [0.15, 0.2) is 29.7 Å². The molecule has 1 amide bonds. The number of allylic oxidation sites excluding steroid dienone is 1. The monoisotopic (exact) mass is 344 g/mol. The van der Waals surface area contributed by atoms with Gasteiger partial charge in [-0.25, -0.2) is 4.98 Å². The van der Waals surface area contributed by atoms with Gasteiger partial charge in [0.2, 0.25) is 5.91 Å². The summed E-state index contributed by atoms with van der Waals surface area (Å²) < 4.78 is 5.24. The molecule has 0 atom stereocenters. The molecule has 0 bridgehead atoms. The maximum absolute atomic E-state index is 12.4. The molecule has 2 aromatic rings. The van der Waals surface area contributed by atoms with Crippen LogP contribution in [-0.4, -0.2) is 30.3 Å². The summed E-state index contributed by atoms with van der Waals surface area (Å²) in [6, 6.07) is 5.48. The van der Waals surface area contributed by atoms with E-state index in [1.54, 1.807) is 30.2 Å². The Balaban J connectivity index is 2.20. The van der Waals surface area contributed by atoms with Crippen molar-refractivity contribution in [3.05, 3.63) is 46.5 Å². The van der Waals surface area contributed by atoms with E-state index in [4.69, 9.17) is 4.74 Å². The lowest BCUT2D eigenvalue weighted by atomic mass is 10.1. The average molecular weight is 344 g/mol. The van der Waals surface area contributed by atoms with Crippen molar-refractivity contribution < 1.29 is 14.3 Å². The molecule has 6 heteroatoms. The molecule has 0 aliphatic rings. The van der Waals surface area contributed by atoms with E-state index >= 15 is 0 Å². The quantitative estimate of drug-likeness (QED) is 0.592. The number of thiazole rings is 1. The number of rotatable bonds is 6. The number of amides is 1. The van der Waals surface area contributed by atoms with Crippen LogP contribution in [0.25, 0.3) is 6.08 Å². The second kappa shape index (κ2) is 7.88. The highest BCUT2D eigenvalue weighted by atomic mass is 32.1. The molecule has 24 heavy (non-hydrogen) atoms. The van der Waals surface area contributed by atoms with E-state index in [0.717, 1.165) is 5.56 Å². The first-order chi connectivity index (χ1) is 11.5. The van der Waals surface area contributed by atoms with Crippen LogP contribution in [0, 0.1) is 6.92 Å². The first-order valence-corrected chi connectivity index (χ1v) is 8.45.